The molecular formula is C8H14O2S. The van der Waals surface area contributed by atoms with Crippen molar-refractivity contribution in [1.29, 1.82) is 0 Å². The third-order valence-electron chi connectivity index (χ3n) is 2.34. The van der Waals surface area contributed by atoms with Crippen molar-refractivity contribution >= 4 is 9.84 Å². The molecule has 1 aliphatic carbocycles. The topological polar surface area (TPSA) is 34.1 Å². The summed E-state index contributed by atoms with van der Waals surface area (Å²) in [5.74, 6) is 0.565. The highest BCUT2D eigenvalue weighted by molar-refractivity contribution is 7.94. The minimum atomic E-state index is -2.97. The second-order valence-electron chi connectivity index (χ2n) is 3.30. The number of sulfone groups is 1. The first-order valence-electron chi connectivity index (χ1n) is 3.92. The Hall–Kier alpha value is -0.310. The standard InChI is InChI=1S/C8H14O2S/c1-3-11(9,10)8-5-4-7(2)6-8/h3,7-8H,1,4-6H2,2H3. The van der Waals surface area contributed by atoms with Crippen molar-refractivity contribution in [1.82, 2.24) is 0 Å². The Bertz CT molecular complexity index is 241. The Labute approximate surface area is 68.2 Å². The summed E-state index contributed by atoms with van der Waals surface area (Å²) < 4.78 is 22.5. The van der Waals surface area contributed by atoms with Crippen molar-refractivity contribution in [3.63, 3.8) is 0 Å². The van der Waals surface area contributed by atoms with Crippen LogP contribution >= 0.6 is 0 Å². The molecule has 0 spiro atoms. The molecule has 0 amide bonds. The van der Waals surface area contributed by atoms with E-state index < -0.39 is 9.84 Å². The van der Waals surface area contributed by atoms with E-state index in [-0.39, 0.29) is 5.25 Å². The van der Waals surface area contributed by atoms with Gasteiger partial charge in [-0.1, -0.05) is 13.5 Å². The van der Waals surface area contributed by atoms with Crippen molar-refractivity contribution in [2.75, 3.05) is 0 Å². The van der Waals surface area contributed by atoms with Gasteiger partial charge in [0.25, 0.3) is 0 Å². The van der Waals surface area contributed by atoms with E-state index in [4.69, 9.17) is 0 Å². The van der Waals surface area contributed by atoms with Gasteiger partial charge >= 0.3 is 0 Å². The van der Waals surface area contributed by atoms with Crippen LogP contribution in [0.3, 0.4) is 0 Å². The molecule has 0 aromatic carbocycles. The molecule has 0 saturated heterocycles. The van der Waals surface area contributed by atoms with Crippen LogP contribution in [0.2, 0.25) is 0 Å². The van der Waals surface area contributed by atoms with Gasteiger partial charge < -0.3 is 0 Å². The molecule has 0 aromatic heterocycles. The maximum atomic E-state index is 11.2. The van der Waals surface area contributed by atoms with E-state index in [0.717, 1.165) is 24.7 Å². The lowest BCUT2D eigenvalue weighted by Gasteiger charge is -2.05. The lowest BCUT2D eigenvalue weighted by molar-refractivity contribution is 0.579. The first-order chi connectivity index (χ1) is 5.06. The van der Waals surface area contributed by atoms with Crippen LogP contribution in [0.5, 0.6) is 0 Å². The van der Waals surface area contributed by atoms with Gasteiger partial charge in [0.05, 0.1) is 5.25 Å². The molecule has 2 nitrogen and oxygen atoms in total. The highest BCUT2D eigenvalue weighted by Gasteiger charge is 2.29. The zero-order valence-electron chi connectivity index (χ0n) is 6.79. The van der Waals surface area contributed by atoms with Crippen LogP contribution in [0.25, 0.3) is 0 Å². The largest absolute Gasteiger partial charge is 0.224 e. The van der Waals surface area contributed by atoms with E-state index in [9.17, 15) is 8.42 Å². The van der Waals surface area contributed by atoms with E-state index >= 15 is 0 Å². The Morgan fingerprint density at radius 1 is 1.45 bits per heavy atom. The molecule has 0 heterocycles. The molecule has 2 unspecified atom stereocenters. The summed E-state index contributed by atoms with van der Waals surface area (Å²) in [5, 5.41) is 0.949. The Morgan fingerprint density at radius 2 is 2.09 bits per heavy atom. The normalized spacial score (nSPS) is 32.1. The average molecular weight is 174 g/mol. The molecule has 0 bridgehead atoms. The SMILES string of the molecule is C=CS(=O)(=O)C1CCC(C)C1. The third kappa shape index (κ3) is 1.83. The van der Waals surface area contributed by atoms with Crippen LogP contribution in [0.1, 0.15) is 26.2 Å². The zero-order chi connectivity index (χ0) is 8.48. The van der Waals surface area contributed by atoms with Gasteiger partial charge in [0.1, 0.15) is 0 Å². The first-order valence-corrected chi connectivity index (χ1v) is 5.53. The molecule has 0 aliphatic heterocycles. The third-order valence-corrected chi connectivity index (χ3v) is 4.17. The van der Waals surface area contributed by atoms with Gasteiger partial charge in [-0.25, -0.2) is 8.42 Å². The number of hydrogen-bond acceptors (Lipinski definition) is 2. The summed E-state index contributed by atoms with van der Waals surface area (Å²) >= 11 is 0. The van der Waals surface area contributed by atoms with Gasteiger partial charge in [0.2, 0.25) is 0 Å². The lowest BCUT2D eigenvalue weighted by Crippen LogP contribution is -2.14. The van der Waals surface area contributed by atoms with Crippen LogP contribution in [0.15, 0.2) is 12.0 Å². The molecule has 64 valence electrons. The molecule has 1 rings (SSSR count). The molecule has 1 fully saturated rings. The van der Waals surface area contributed by atoms with Gasteiger partial charge in [-0.05, 0) is 25.2 Å². The van der Waals surface area contributed by atoms with Gasteiger partial charge in [-0.3, -0.25) is 0 Å². The fourth-order valence-electron chi connectivity index (χ4n) is 1.59. The minimum Gasteiger partial charge on any atom is -0.224 e. The van der Waals surface area contributed by atoms with E-state index in [1.807, 2.05) is 0 Å². The lowest BCUT2D eigenvalue weighted by atomic mass is 10.1. The molecular weight excluding hydrogens is 160 g/mol. The number of rotatable bonds is 2. The highest BCUT2D eigenvalue weighted by Crippen LogP contribution is 2.30. The van der Waals surface area contributed by atoms with E-state index in [0.29, 0.717) is 5.92 Å². The van der Waals surface area contributed by atoms with Crippen LogP contribution in [0.4, 0.5) is 0 Å². The van der Waals surface area contributed by atoms with Gasteiger partial charge in [-0.2, -0.15) is 0 Å². The molecule has 1 aliphatic rings. The van der Waals surface area contributed by atoms with Crippen LogP contribution in [0, 0.1) is 5.92 Å². The quantitative estimate of drug-likeness (QED) is 0.639. The van der Waals surface area contributed by atoms with Crippen LogP contribution in [-0.4, -0.2) is 13.7 Å². The molecule has 11 heavy (non-hydrogen) atoms. The van der Waals surface area contributed by atoms with Crippen molar-refractivity contribution in [3.05, 3.63) is 12.0 Å². The van der Waals surface area contributed by atoms with Crippen molar-refractivity contribution in [2.24, 2.45) is 5.92 Å². The Kier molecular flexibility index (Phi) is 2.37. The fraction of sp³-hybridized carbons (Fsp3) is 0.750. The molecule has 3 heteroatoms. The summed E-state index contributed by atoms with van der Waals surface area (Å²) in [6, 6.07) is 0. The summed E-state index contributed by atoms with van der Waals surface area (Å²) in [5.41, 5.74) is 0. The summed E-state index contributed by atoms with van der Waals surface area (Å²) in [6.07, 6.45) is 2.67. The molecule has 1 saturated carbocycles. The summed E-state index contributed by atoms with van der Waals surface area (Å²) in [7, 11) is -2.97. The number of hydrogen-bond donors (Lipinski definition) is 0. The molecule has 0 N–H and O–H groups in total. The summed E-state index contributed by atoms with van der Waals surface area (Å²) in [6.45, 7) is 5.41. The van der Waals surface area contributed by atoms with Gasteiger partial charge in [-0.15, -0.1) is 0 Å². The Morgan fingerprint density at radius 3 is 2.45 bits per heavy atom. The van der Waals surface area contributed by atoms with Gasteiger partial charge in [0, 0.05) is 5.41 Å². The minimum absolute atomic E-state index is 0.144. The van der Waals surface area contributed by atoms with E-state index in [1.54, 1.807) is 0 Å². The van der Waals surface area contributed by atoms with Crippen LogP contribution in [-0.2, 0) is 9.84 Å². The van der Waals surface area contributed by atoms with Gasteiger partial charge in [0.15, 0.2) is 9.84 Å². The van der Waals surface area contributed by atoms with E-state index in [1.165, 1.54) is 0 Å². The van der Waals surface area contributed by atoms with Crippen molar-refractivity contribution in [2.45, 2.75) is 31.4 Å². The Balaban J connectivity index is 2.71. The maximum Gasteiger partial charge on any atom is 0.173 e. The molecule has 0 radical (unpaired) electrons. The van der Waals surface area contributed by atoms with Crippen molar-refractivity contribution in [3.8, 4) is 0 Å². The van der Waals surface area contributed by atoms with Crippen LogP contribution < -0.4 is 0 Å². The predicted octanol–water partition coefficient (Wildman–Crippen LogP) is 1.73. The second-order valence-corrected chi connectivity index (χ2v) is 5.47. The maximum absolute atomic E-state index is 11.2. The summed E-state index contributed by atoms with van der Waals surface area (Å²) in [4.78, 5) is 0. The average Bonchev–Trinajstić information content (AvgIpc) is 2.36. The molecule has 0 aromatic rings. The highest BCUT2D eigenvalue weighted by atomic mass is 32.2. The molecule has 2 atom stereocenters. The predicted molar refractivity (Wildman–Crippen MR) is 45.9 cm³/mol. The first kappa shape index (κ1) is 8.78. The second kappa shape index (κ2) is 2.97. The zero-order valence-corrected chi connectivity index (χ0v) is 7.60. The monoisotopic (exact) mass is 174 g/mol. The van der Waals surface area contributed by atoms with Crippen molar-refractivity contribution < 1.29 is 8.42 Å². The smallest absolute Gasteiger partial charge is 0.173 e. The van der Waals surface area contributed by atoms with E-state index in [2.05, 4.69) is 13.5 Å². The fourth-order valence-corrected chi connectivity index (χ4v) is 2.92.